The molecule has 1 aromatic heterocycles. The van der Waals surface area contributed by atoms with Crippen LogP contribution >= 0.6 is 23.1 Å². The number of amides is 2. The summed E-state index contributed by atoms with van der Waals surface area (Å²) < 4.78 is 0. The van der Waals surface area contributed by atoms with Crippen molar-refractivity contribution in [2.24, 2.45) is 0 Å². The van der Waals surface area contributed by atoms with E-state index in [1.54, 1.807) is 23.1 Å². The molecule has 22 heavy (non-hydrogen) atoms. The molecule has 2 amide bonds. The third-order valence-electron chi connectivity index (χ3n) is 5.29. The zero-order valence-electron chi connectivity index (χ0n) is 12.9. The van der Waals surface area contributed by atoms with Crippen LogP contribution in [0.1, 0.15) is 43.2 Å². The zero-order valence-corrected chi connectivity index (χ0v) is 14.5. The lowest BCUT2D eigenvalue weighted by atomic mass is 10.0. The van der Waals surface area contributed by atoms with Gasteiger partial charge in [0.2, 0.25) is 11.8 Å². The Morgan fingerprint density at radius 1 is 1.41 bits per heavy atom. The number of thiophene rings is 1. The zero-order chi connectivity index (χ0) is 15.5. The first kappa shape index (κ1) is 14.6. The molecular formula is C16H20N2O2S2. The van der Waals surface area contributed by atoms with Crippen LogP contribution in [0.3, 0.4) is 0 Å². The van der Waals surface area contributed by atoms with E-state index in [1.807, 2.05) is 9.80 Å². The predicted molar refractivity (Wildman–Crippen MR) is 88.9 cm³/mol. The van der Waals surface area contributed by atoms with Crippen LogP contribution in [0, 0.1) is 0 Å². The molecule has 4 nitrogen and oxygen atoms in total. The Hall–Kier alpha value is -1.01. The fourth-order valence-electron chi connectivity index (χ4n) is 4.01. The average molecular weight is 336 g/mol. The van der Waals surface area contributed by atoms with Gasteiger partial charge in [-0.3, -0.25) is 9.59 Å². The molecule has 0 spiro atoms. The minimum atomic E-state index is -0.271. The average Bonchev–Trinajstić information content (AvgIpc) is 3.15. The summed E-state index contributed by atoms with van der Waals surface area (Å²) in [7, 11) is 0. The highest BCUT2D eigenvalue weighted by Gasteiger charge is 2.54. The van der Waals surface area contributed by atoms with Gasteiger partial charge in [-0.2, -0.15) is 0 Å². The molecule has 0 radical (unpaired) electrons. The molecule has 3 atom stereocenters. The third-order valence-corrected chi connectivity index (χ3v) is 7.79. The molecule has 6 heteroatoms. The third kappa shape index (κ3) is 1.96. The molecule has 2 fully saturated rings. The standard InChI is InChI=1S/C16H20N2O2S2/c1-10-11-5-8-21-13(11)4-7-17(10)15(20)12-9-22-16(2)6-3-14(19)18(12)16/h5,8,10,12H,3-4,6-7,9H2,1-2H3. The molecule has 3 aliphatic rings. The lowest BCUT2D eigenvalue weighted by molar-refractivity contribution is -0.145. The molecule has 118 valence electrons. The van der Waals surface area contributed by atoms with Crippen molar-refractivity contribution < 1.29 is 9.59 Å². The highest BCUT2D eigenvalue weighted by molar-refractivity contribution is 8.01. The molecule has 0 bridgehead atoms. The van der Waals surface area contributed by atoms with Crippen molar-refractivity contribution in [1.82, 2.24) is 9.80 Å². The van der Waals surface area contributed by atoms with Crippen molar-refractivity contribution in [3.8, 4) is 0 Å². The van der Waals surface area contributed by atoms with E-state index in [9.17, 15) is 9.59 Å². The number of rotatable bonds is 1. The summed E-state index contributed by atoms with van der Waals surface area (Å²) in [6, 6.07) is 1.99. The summed E-state index contributed by atoms with van der Waals surface area (Å²) >= 11 is 3.55. The summed E-state index contributed by atoms with van der Waals surface area (Å²) in [4.78, 5) is 30.4. The number of carbonyl (C=O) groups is 2. The van der Waals surface area contributed by atoms with Gasteiger partial charge in [0.05, 0.1) is 10.9 Å². The van der Waals surface area contributed by atoms with Crippen LogP contribution in [-0.4, -0.2) is 44.8 Å². The molecule has 0 saturated carbocycles. The molecule has 3 aliphatic heterocycles. The Morgan fingerprint density at radius 3 is 3.05 bits per heavy atom. The van der Waals surface area contributed by atoms with E-state index in [0.29, 0.717) is 6.42 Å². The van der Waals surface area contributed by atoms with Gasteiger partial charge in [0.1, 0.15) is 6.04 Å². The smallest absolute Gasteiger partial charge is 0.246 e. The number of thioether (sulfide) groups is 1. The maximum absolute atomic E-state index is 13.1. The Balaban J connectivity index is 1.59. The van der Waals surface area contributed by atoms with E-state index in [4.69, 9.17) is 0 Å². The Morgan fingerprint density at radius 2 is 2.23 bits per heavy atom. The van der Waals surface area contributed by atoms with Gasteiger partial charge in [0, 0.05) is 23.6 Å². The fourth-order valence-corrected chi connectivity index (χ4v) is 6.39. The Labute approximate surface area is 138 Å². The predicted octanol–water partition coefficient (Wildman–Crippen LogP) is 2.65. The second-order valence-electron chi connectivity index (χ2n) is 6.52. The van der Waals surface area contributed by atoms with Gasteiger partial charge in [-0.1, -0.05) is 0 Å². The van der Waals surface area contributed by atoms with Crippen LogP contribution in [0.5, 0.6) is 0 Å². The van der Waals surface area contributed by atoms with Crippen molar-refractivity contribution in [1.29, 1.82) is 0 Å². The number of hydrogen-bond acceptors (Lipinski definition) is 4. The first-order valence-electron chi connectivity index (χ1n) is 7.84. The van der Waals surface area contributed by atoms with Gasteiger partial charge in [-0.05, 0) is 43.7 Å². The van der Waals surface area contributed by atoms with Crippen LogP contribution < -0.4 is 0 Å². The molecule has 0 aliphatic carbocycles. The second-order valence-corrected chi connectivity index (χ2v) is 9.02. The molecule has 4 rings (SSSR count). The highest BCUT2D eigenvalue weighted by atomic mass is 32.2. The second kappa shape index (κ2) is 4.99. The SMILES string of the molecule is CC1c2ccsc2CCN1C(=O)C1CSC2(C)CCC(=O)N12. The lowest BCUT2D eigenvalue weighted by Crippen LogP contribution is -2.52. The topological polar surface area (TPSA) is 40.6 Å². The van der Waals surface area contributed by atoms with Crippen molar-refractivity contribution in [3.05, 3.63) is 21.9 Å². The van der Waals surface area contributed by atoms with Crippen molar-refractivity contribution in [2.45, 2.75) is 50.1 Å². The summed E-state index contributed by atoms with van der Waals surface area (Å²) in [5.74, 6) is 1.02. The van der Waals surface area contributed by atoms with Gasteiger partial charge in [-0.25, -0.2) is 0 Å². The van der Waals surface area contributed by atoms with E-state index in [-0.39, 0.29) is 28.8 Å². The monoisotopic (exact) mass is 336 g/mol. The van der Waals surface area contributed by atoms with E-state index in [0.717, 1.165) is 25.1 Å². The maximum atomic E-state index is 13.1. The van der Waals surface area contributed by atoms with Gasteiger partial charge < -0.3 is 9.80 Å². The molecule has 4 heterocycles. The minimum Gasteiger partial charge on any atom is -0.334 e. The fraction of sp³-hybridized carbons (Fsp3) is 0.625. The maximum Gasteiger partial charge on any atom is 0.246 e. The molecule has 0 N–H and O–H groups in total. The Bertz CT molecular complexity index is 644. The van der Waals surface area contributed by atoms with Crippen LogP contribution in [-0.2, 0) is 16.0 Å². The number of fused-ring (bicyclic) bond motifs is 2. The van der Waals surface area contributed by atoms with Crippen molar-refractivity contribution in [2.75, 3.05) is 12.3 Å². The van der Waals surface area contributed by atoms with Gasteiger partial charge >= 0.3 is 0 Å². The molecule has 3 unspecified atom stereocenters. The summed E-state index contributed by atoms with van der Waals surface area (Å²) in [6.45, 7) is 4.98. The highest BCUT2D eigenvalue weighted by Crippen LogP contribution is 2.48. The number of nitrogens with zero attached hydrogens (tertiary/aromatic N) is 2. The Kier molecular flexibility index (Phi) is 3.31. The first-order chi connectivity index (χ1) is 10.5. The normalized spacial score (nSPS) is 34.0. The first-order valence-corrected chi connectivity index (χ1v) is 9.71. The quantitative estimate of drug-likeness (QED) is 0.792. The lowest BCUT2D eigenvalue weighted by Gasteiger charge is -2.38. The number of carbonyl (C=O) groups excluding carboxylic acids is 2. The molecular weight excluding hydrogens is 316 g/mol. The van der Waals surface area contributed by atoms with Gasteiger partial charge in [0.15, 0.2) is 0 Å². The summed E-state index contributed by atoms with van der Waals surface area (Å²) in [6.07, 6.45) is 2.39. The summed E-state index contributed by atoms with van der Waals surface area (Å²) in [5, 5.41) is 2.11. The van der Waals surface area contributed by atoms with Crippen molar-refractivity contribution >= 4 is 34.9 Å². The summed E-state index contributed by atoms with van der Waals surface area (Å²) in [5.41, 5.74) is 1.28. The van der Waals surface area contributed by atoms with Crippen LogP contribution in [0.15, 0.2) is 11.4 Å². The van der Waals surface area contributed by atoms with Gasteiger partial charge in [-0.15, -0.1) is 23.1 Å². The van der Waals surface area contributed by atoms with Crippen molar-refractivity contribution in [3.63, 3.8) is 0 Å². The number of hydrogen-bond donors (Lipinski definition) is 0. The largest absolute Gasteiger partial charge is 0.334 e. The van der Waals surface area contributed by atoms with E-state index in [1.165, 1.54) is 10.4 Å². The molecule has 2 saturated heterocycles. The minimum absolute atomic E-state index is 0.122. The molecule has 1 aromatic rings. The van der Waals surface area contributed by atoms with E-state index in [2.05, 4.69) is 25.3 Å². The van der Waals surface area contributed by atoms with Crippen LogP contribution in [0.2, 0.25) is 0 Å². The van der Waals surface area contributed by atoms with Crippen LogP contribution in [0.4, 0.5) is 0 Å². The molecule has 0 aromatic carbocycles. The van der Waals surface area contributed by atoms with E-state index >= 15 is 0 Å². The van der Waals surface area contributed by atoms with E-state index < -0.39 is 0 Å². The van der Waals surface area contributed by atoms with Gasteiger partial charge in [0.25, 0.3) is 0 Å². The van der Waals surface area contributed by atoms with Crippen LogP contribution in [0.25, 0.3) is 0 Å².